The number of likely N-dealkylation sites (tertiary alicyclic amines) is 1. The van der Waals surface area contributed by atoms with Crippen LogP contribution in [0.25, 0.3) is 0 Å². The van der Waals surface area contributed by atoms with Crippen LogP contribution in [0.4, 0.5) is 5.69 Å². The lowest BCUT2D eigenvalue weighted by Gasteiger charge is -2.32. The van der Waals surface area contributed by atoms with E-state index in [0.717, 1.165) is 32.6 Å². The van der Waals surface area contributed by atoms with E-state index in [2.05, 4.69) is 28.4 Å². The SMILES string of the molecule is CCn1cc(CN2CCC[C@@H](CCC(=O)Nc3cc(Cl)ccc3OC)C2)cn1. The molecular formula is C21H29ClN4O2. The molecule has 2 heterocycles. The number of benzene rings is 1. The van der Waals surface area contributed by atoms with Crippen LogP contribution in [-0.2, 0) is 17.9 Å². The minimum absolute atomic E-state index is 0.00177. The van der Waals surface area contributed by atoms with Crippen molar-refractivity contribution in [3.8, 4) is 5.75 Å². The number of carbonyl (C=O) groups excluding carboxylic acids is 1. The van der Waals surface area contributed by atoms with Crippen molar-refractivity contribution in [3.63, 3.8) is 0 Å². The number of hydrogen-bond acceptors (Lipinski definition) is 4. The van der Waals surface area contributed by atoms with Crippen LogP contribution >= 0.6 is 11.6 Å². The lowest BCUT2D eigenvalue weighted by molar-refractivity contribution is -0.116. The van der Waals surface area contributed by atoms with Gasteiger partial charge in [-0.05, 0) is 56.8 Å². The molecule has 6 nitrogen and oxygen atoms in total. The molecule has 1 fully saturated rings. The molecule has 0 unspecified atom stereocenters. The lowest BCUT2D eigenvalue weighted by atomic mass is 9.93. The minimum Gasteiger partial charge on any atom is -0.495 e. The van der Waals surface area contributed by atoms with Gasteiger partial charge in [-0.25, -0.2) is 0 Å². The first-order chi connectivity index (χ1) is 13.6. The van der Waals surface area contributed by atoms with Crippen LogP contribution in [0.5, 0.6) is 5.75 Å². The second-order valence-corrected chi connectivity index (χ2v) is 7.82. The third kappa shape index (κ3) is 5.72. The van der Waals surface area contributed by atoms with E-state index in [1.807, 2.05) is 10.9 Å². The van der Waals surface area contributed by atoms with Gasteiger partial charge in [0.1, 0.15) is 5.75 Å². The lowest BCUT2D eigenvalue weighted by Crippen LogP contribution is -2.35. The molecule has 1 saturated heterocycles. The van der Waals surface area contributed by atoms with Gasteiger partial charge in [0.05, 0.1) is 19.0 Å². The molecule has 2 aromatic rings. The number of halogens is 1. The highest BCUT2D eigenvalue weighted by Gasteiger charge is 2.21. The molecule has 0 bridgehead atoms. The molecule has 0 radical (unpaired) electrons. The van der Waals surface area contributed by atoms with Crippen LogP contribution in [-0.4, -0.2) is 40.8 Å². The van der Waals surface area contributed by atoms with Crippen LogP contribution in [0.2, 0.25) is 5.02 Å². The molecule has 1 aliphatic heterocycles. The van der Waals surface area contributed by atoms with Crippen LogP contribution in [0, 0.1) is 5.92 Å². The molecule has 7 heteroatoms. The summed E-state index contributed by atoms with van der Waals surface area (Å²) in [6.07, 6.45) is 7.82. The van der Waals surface area contributed by atoms with Gasteiger partial charge in [0.15, 0.2) is 0 Å². The third-order valence-corrected chi connectivity index (χ3v) is 5.47. The van der Waals surface area contributed by atoms with Crippen molar-refractivity contribution in [1.29, 1.82) is 0 Å². The number of anilines is 1. The smallest absolute Gasteiger partial charge is 0.224 e. The molecule has 1 N–H and O–H groups in total. The summed E-state index contributed by atoms with van der Waals surface area (Å²) in [7, 11) is 1.58. The molecule has 1 aromatic carbocycles. The Hall–Kier alpha value is -2.05. The average Bonchev–Trinajstić information content (AvgIpc) is 3.14. The van der Waals surface area contributed by atoms with Gasteiger partial charge < -0.3 is 10.1 Å². The highest BCUT2D eigenvalue weighted by atomic mass is 35.5. The molecule has 1 atom stereocenters. The summed E-state index contributed by atoms with van der Waals surface area (Å²) in [6.45, 7) is 6.07. The van der Waals surface area contributed by atoms with Crippen molar-refractivity contribution in [2.24, 2.45) is 5.92 Å². The van der Waals surface area contributed by atoms with Crippen LogP contribution < -0.4 is 10.1 Å². The maximum Gasteiger partial charge on any atom is 0.224 e. The first-order valence-corrected chi connectivity index (χ1v) is 10.3. The molecule has 1 aliphatic rings. The van der Waals surface area contributed by atoms with E-state index in [4.69, 9.17) is 16.3 Å². The van der Waals surface area contributed by atoms with Crippen LogP contribution in [0.3, 0.4) is 0 Å². The molecule has 1 aromatic heterocycles. The highest BCUT2D eigenvalue weighted by molar-refractivity contribution is 6.31. The van der Waals surface area contributed by atoms with Crippen LogP contribution in [0.1, 0.15) is 38.2 Å². The summed E-state index contributed by atoms with van der Waals surface area (Å²) in [5.41, 5.74) is 1.88. The normalized spacial score (nSPS) is 17.5. The van der Waals surface area contributed by atoms with E-state index in [-0.39, 0.29) is 5.91 Å². The van der Waals surface area contributed by atoms with Crippen LogP contribution in [0.15, 0.2) is 30.6 Å². The Morgan fingerprint density at radius 3 is 3.04 bits per heavy atom. The van der Waals surface area contributed by atoms with Gasteiger partial charge in [-0.15, -0.1) is 0 Å². The van der Waals surface area contributed by atoms with Gasteiger partial charge in [0.25, 0.3) is 0 Å². The zero-order chi connectivity index (χ0) is 19.9. The fraction of sp³-hybridized carbons (Fsp3) is 0.524. The number of amides is 1. The van der Waals surface area contributed by atoms with E-state index in [1.54, 1.807) is 25.3 Å². The van der Waals surface area contributed by atoms with Crippen molar-refractivity contribution in [1.82, 2.24) is 14.7 Å². The second kappa shape index (κ2) is 9.94. The predicted molar refractivity (Wildman–Crippen MR) is 112 cm³/mol. The predicted octanol–water partition coefficient (Wildman–Crippen LogP) is 4.20. The number of nitrogens with zero attached hydrogens (tertiary/aromatic N) is 3. The summed E-state index contributed by atoms with van der Waals surface area (Å²) in [4.78, 5) is 14.9. The quantitative estimate of drug-likeness (QED) is 0.716. The number of ether oxygens (including phenoxy) is 1. The Morgan fingerprint density at radius 2 is 2.29 bits per heavy atom. The standard InChI is InChI=1S/C21H29ClN4O2/c1-3-26-15-17(12-23-26)14-25-10-4-5-16(13-25)6-9-21(27)24-19-11-18(22)7-8-20(19)28-2/h7-8,11-12,15-16H,3-6,9-10,13-14H2,1-2H3,(H,24,27)/t16-/m0/s1. The van der Waals surface area contributed by atoms with Gasteiger partial charge >= 0.3 is 0 Å². The van der Waals surface area contributed by atoms with Gasteiger partial charge in [0.2, 0.25) is 5.91 Å². The Labute approximate surface area is 171 Å². The number of nitrogens with one attached hydrogen (secondary N) is 1. The topological polar surface area (TPSA) is 59.4 Å². The van der Waals surface area contributed by atoms with E-state index < -0.39 is 0 Å². The van der Waals surface area contributed by atoms with Crippen molar-refractivity contribution < 1.29 is 9.53 Å². The van der Waals surface area contributed by atoms with Gasteiger partial charge in [-0.2, -0.15) is 5.10 Å². The molecule has 1 amide bonds. The Morgan fingerprint density at radius 1 is 1.43 bits per heavy atom. The maximum absolute atomic E-state index is 12.4. The molecule has 3 rings (SSSR count). The van der Waals surface area contributed by atoms with E-state index in [9.17, 15) is 4.79 Å². The van der Waals surface area contributed by atoms with Crippen molar-refractivity contribution in [3.05, 3.63) is 41.2 Å². The van der Waals surface area contributed by atoms with E-state index in [1.165, 1.54) is 18.4 Å². The summed E-state index contributed by atoms with van der Waals surface area (Å²) in [6, 6.07) is 5.23. The fourth-order valence-electron chi connectivity index (χ4n) is 3.78. The highest BCUT2D eigenvalue weighted by Crippen LogP contribution is 2.28. The number of hydrogen-bond donors (Lipinski definition) is 1. The average molecular weight is 405 g/mol. The van der Waals surface area contributed by atoms with Crippen molar-refractivity contribution in [2.75, 3.05) is 25.5 Å². The number of aryl methyl sites for hydroxylation is 1. The van der Waals surface area contributed by atoms with Gasteiger partial charge in [0, 0.05) is 42.8 Å². The van der Waals surface area contributed by atoms with E-state index in [0.29, 0.717) is 28.8 Å². The summed E-state index contributed by atoms with van der Waals surface area (Å²) < 4.78 is 7.25. The maximum atomic E-state index is 12.4. The Balaban J connectivity index is 1.47. The molecule has 0 spiro atoms. The third-order valence-electron chi connectivity index (χ3n) is 5.24. The number of methoxy groups -OCH3 is 1. The molecule has 0 aliphatic carbocycles. The Kier molecular flexibility index (Phi) is 7.34. The number of carbonyl (C=O) groups is 1. The summed E-state index contributed by atoms with van der Waals surface area (Å²) in [5, 5.41) is 7.86. The van der Waals surface area contributed by atoms with Crippen molar-refractivity contribution in [2.45, 2.75) is 45.7 Å². The Bertz CT molecular complexity index is 792. The number of rotatable bonds is 8. The monoisotopic (exact) mass is 404 g/mol. The summed E-state index contributed by atoms with van der Waals surface area (Å²) >= 11 is 6.03. The molecule has 152 valence electrons. The number of aromatic nitrogens is 2. The minimum atomic E-state index is 0.00177. The zero-order valence-electron chi connectivity index (χ0n) is 16.7. The largest absolute Gasteiger partial charge is 0.495 e. The zero-order valence-corrected chi connectivity index (χ0v) is 17.4. The van der Waals surface area contributed by atoms with Gasteiger partial charge in [-0.3, -0.25) is 14.4 Å². The first kappa shape index (κ1) is 20.7. The second-order valence-electron chi connectivity index (χ2n) is 7.38. The van der Waals surface area contributed by atoms with E-state index >= 15 is 0 Å². The fourth-order valence-corrected chi connectivity index (χ4v) is 3.95. The van der Waals surface area contributed by atoms with Crippen molar-refractivity contribution >= 4 is 23.2 Å². The molecule has 28 heavy (non-hydrogen) atoms. The molecule has 0 saturated carbocycles. The number of piperidine rings is 1. The first-order valence-electron chi connectivity index (χ1n) is 9.94. The summed E-state index contributed by atoms with van der Waals surface area (Å²) in [5.74, 6) is 1.16. The molecular weight excluding hydrogens is 376 g/mol. The van der Waals surface area contributed by atoms with Gasteiger partial charge in [-0.1, -0.05) is 11.6 Å².